The molecule has 1 aromatic heterocycles. The van der Waals surface area contributed by atoms with E-state index in [1.165, 1.54) is 0 Å². The number of carbonyl (C=O) groups excluding carboxylic acids is 1. The molecule has 2 aromatic rings. The van der Waals surface area contributed by atoms with Crippen molar-refractivity contribution in [2.45, 2.75) is 12.8 Å². The smallest absolute Gasteiger partial charge is 0.142 e. The van der Waals surface area contributed by atoms with Gasteiger partial charge in [0.25, 0.3) is 0 Å². The Labute approximate surface area is 93.4 Å². The second kappa shape index (κ2) is 4.41. The van der Waals surface area contributed by atoms with Crippen LogP contribution in [-0.4, -0.2) is 5.78 Å². The highest BCUT2D eigenvalue weighted by Gasteiger charge is 2.19. The number of hydrogen-bond donors (Lipinski definition) is 0. The molecule has 0 amide bonds. The van der Waals surface area contributed by atoms with Gasteiger partial charge in [0.1, 0.15) is 5.78 Å². The van der Waals surface area contributed by atoms with Crippen molar-refractivity contribution in [2.75, 3.05) is 0 Å². The molecule has 76 valence electrons. The third kappa shape index (κ3) is 2.16. The highest BCUT2D eigenvalue weighted by molar-refractivity contribution is 7.10. The minimum atomic E-state index is -0.0915. The third-order valence-corrected chi connectivity index (χ3v) is 3.30. The number of hydrogen-bond acceptors (Lipinski definition) is 2. The topological polar surface area (TPSA) is 17.1 Å². The zero-order valence-electron chi connectivity index (χ0n) is 8.51. The largest absolute Gasteiger partial charge is 0.299 e. The number of rotatable bonds is 3. The molecule has 0 saturated carbocycles. The van der Waals surface area contributed by atoms with E-state index >= 15 is 0 Å². The first-order valence-electron chi connectivity index (χ1n) is 4.88. The summed E-state index contributed by atoms with van der Waals surface area (Å²) in [7, 11) is 0. The first-order valence-corrected chi connectivity index (χ1v) is 5.76. The summed E-state index contributed by atoms with van der Waals surface area (Å²) in [6.07, 6.45) is 0. The van der Waals surface area contributed by atoms with Crippen molar-refractivity contribution in [2.24, 2.45) is 0 Å². The Morgan fingerprint density at radius 1 is 1.13 bits per heavy atom. The average molecular weight is 216 g/mol. The molecule has 0 fully saturated rings. The molecule has 1 atom stereocenters. The molecule has 0 spiro atoms. The molecule has 0 aliphatic rings. The Hall–Kier alpha value is -1.41. The number of Topliss-reactive ketones (excluding diaryl/α,β-unsaturated/α-hetero) is 1. The van der Waals surface area contributed by atoms with Crippen LogP contribution < -0.4 is 0 Å². The van der Waals surface area contributed by atoms with E-state index in [-0.39, 0.29) is 11.7 Å². The number of ketones is 1. The predicted octanol–water partition coefficient (Wildman–Crippen LogP) is 3.47. The van der Waals surface area contributed by atoms with Crippen molar-refractivity contribution < 1.29 is 4.79 Å². The quantitative estimate of drug-likeness (QED) is 0.767. The predicted molar refractivity (Wildman–Crippen MR) is 63.3 cm³/mol. The fourth-order valence-corrected chi connectivity index (χ4v) is 2.61. The first-order chi connectivity index (χ1) is 7.29. The molecule has 1 nitrogen and oxygen atoms in total. The molecule has 15 heavy (non-hydrogen) atoms. The molecule has 2 heteroatoms. The summed E-state index contributed by atoms with van der Waals surface area (Å²) in [6, 6.07) is 13.9. The van der Waals surface area contributed by atoms with Crippen molar-refractivity contribution in [3.63, 3.8) is 0 Å². The van der Waals surface area contributed by atoms with E-state index in [1.807, 2.05) is 47.8 Å². The van der Waals surface area contributed by atoms with Gasteiger partial charge in [0.05, 0.1) is 5.92 Å². The van der Waals surface area contributed by atoms with Crippen LogP contribution in [-0.2, 0) is 4.79 Å². The van der Waals surface area contributed by atoms with Crippen LogP contribution in [0.1, 0.15) is 23.3 Å². The highest BCUT2D eigenvalue weighted by Crippen LogP contribution is 2.28. The van der Waals surface area contributed by atoms with Gasteiger partial charge in [-0.05, 0) is 23.9 Å². The summed E-state index contributed by atoms with van der Waals surface area (Å²) in [5.74, 6) is 0.106. The van der Waals surface area contributed by atoms with Crippen molar-refractivity contribution in [1.82, 2.24) is 0 Å². The van der Waals surface area contributed by atoms with Crippen molar-refractivity contribution in [3.8, 4) is 0 Å². The maximum atomic E-state index is 11.6. The third-order valence-electron chi connectivity index (χ3n) is 2.37. The van der Waals surface area contributed by atoms with Crippen molar-refractivity contribution in [1.29, 1.82) is 0 Å². The summed E-state index contributed by atoms with van der Waals surface area (Å²) < 4.78 is 0. The average Bonchev–Trinajstić information content (AvgIpc) is 2.72. The molecule has 1 heterocycles. The van der Waals surface area contributed by atoms with Crippen LogP contribution in [0.4, 0.5) is 0 Å². The van der Waals surface area contributed by atoms with E-state index < -0.39 is 0 Å². The number of thiophene rings is 1. The Kier molecular flexibility index (Phi) is 2.97. The molecule has 0 N–H and O–H groups in total. The zero-order valence-corrected chi connectivity index (χ0v) is 9.33. The van der Waals surface area contributed by atoms with Crippen LogP contribution in [0.5, 0.6) is 0 Å². The lowest BCUT2D eigenvalue weighted by Crippen LogP contribution is -2.08. The number of benzene rings is 1. The van der Waals surface area contributed by atoms with Crippen LogP contribution in [0.2, 0.25) is 0 Å². The number of carbonyl (C=O) groups is 1. The molecule has 2 rings (SSSR count). The minimum absolute atomic E-state index is 0.0915. The molecule has 0 aliphatic heterocycles. The fourth-order valence-electron chi connectivity index (χ4n) is 1.70. The summed E-state index contributed by atoms with van der Waals surface area (Å²) in [5.41, 5.74) is 1.08. The van der Waals surface area contributed by atoms with Gasteiger partial charge in [-0.3, -0.25) is 4.79 Å². The Bertz CT molecular complexity index is 431. The Morgan fingerprint density at radius 3 is 2.40 bits per heavy atom. The van der Waals surface area contributed by atoms with Gasteiger partial charge in [-0.15, -0.1) is 11.3 Å². The monoisotopic (exact) mass is 216 g/mol. The van der Waals surface area contributed by atoms with E-state index in [2.05, 4.69) is 0 Å². The van der Waals surface area contributed by atoms with Gasteiger partial charge in [-0.25, -0.2) is 0 Å². The normalized spacial score (nSPS) is 12.3. The second-order valence-electron chi connectivity index (χ2n) is 3.47. The molecule has 0 aliphatic carbocycles. The van der Waals surface area contributed by atoms with Gasteiger partial charge in [0.2, 0.25) is 0 Å². The van der Waals surface area contributed by atoms with Gasteiger partial charge >= 0.3 is 0 Å². The van der Waals surface area contributed by atoms with Gasteiger partial charge < -0.3 is 0 Å². The zero-order chi connectivity index (χ0) is 10.7. The van der Waals surface area contributed by atoms with E-state index in [9.17, 15) is 4.79 Å². The molecule has 1 aromatic carbocycles. The summed E-state index contributed by atoms with van der Waals surface area (Å²) in [6.45, 7) is 1.65. The Balaban J connectivity index is 2.42. The highest BCUT2D eigenvalue weighted by atomic mass is 32.1. The molecule has 1 unspecified atom stereocenters. The van der Waals surface area contributed by atoms with E-state index in [0.717, 1.165) is 10.4 Å². The molecule has 0 bridgehead atoms. The van der Waals surface area contributed by atoms with E-state index in [4.69, 9.17) is 0 Å². The standard InChI is InChI=1S/C13H12OS/c1-10(14)13(12-8-5-9-15-12)11-6-3-2-4-7-11/h2-9,13H,1H3. The lowest BCUT2D eigenvalue weighted by atomic mass is 9.94. The molecule has 0 saturated heterocycles. The van der Waals surface area contributed by atoms with Crippen LogP contribution in [0, 0.1) is 0 Å². The van der Waals surface area contributed by atoms with Crippen LogP contribution in [0.15, 0.2) is 47.8 Å². The maximum absolute atomic E-state index is 11.6. The van der Waals surface area contributed by atoms with E-state index in [0.29, 0.717) is 0 Å². The molecular weight excluding hydrogens is 204 g/mol. The van der Waals surface area contributed by atoms with Crippen LogP contribution in [0.25, 0.3) is 0 Å². The van der Waals surface area contributed by atoms with Gasteiger partial charge in [-0.2, -0.15) is 0 Å². The van der Waals surface area contributed by atoms with Gasteiger partial charge in [0, 0.05) is 4.88 Å². The second-order valence-corrected chi connectivity index (χ2v) is 4.45. The lowest BCUT2D eigenvalue weighted by molar-refractivity contribution is -0.117. The van der Waals surface area contributed by atoms with Crippen molar-refractivity contribution >= 4 is 17.1 Å². The minimum Gasteiger partial charge on any atom is -0.299 e. The summed E-state index contributed by atoms with van der Waals surface area (Å²) >= 11 is 1.63. The first kappa shape index (κ1) is 10.1. The van der Waals surface area contributed by atoms with Gasteiger partial charge in [0.15, 0.2) is 0 Å². The van der Waals surface area contributed by atoms with Crippen molar-refractivity contribution in [3.05, 3.63) is 58.3 Å². The summed E-state index contributed by atoms with van der Waals surface area (Å²) in [5, 5.41) is 2.01. The van der Waals surface area contributed by atoms with E-state index in [1.54, 1.807) is 18.3 Å². The fraction of sp³-hybridized carbons (Fsp3) is 0.154. The Morgan fingerprint density at radius 2 is 1.87 bits per heavy atom. The SMILES string of the molecule is CC(=O)C(c1ccccc1)c1cccs1. The molecular formula is C13H12OS. The lowest BCUT2D eigenvalue weighted by Gasteiger charge is -2.11. The van der Waals surface area contributed by atoms with Gasteiger partial charge in [-0.1, -0.05) is 36.4 Å². The summed E-state index contributed by atoms with van der Waals surface area (Å²) in [4.78, 5) is 12.8. The van der Waals surface area contributed by atoms with Crippen LogP contribution in [0.3, 0.4) is 0 Å². The maximum Gasteiger partial charge on any atom is 0.142 e. The molecule has 0 radical (unpaired) electrons. The van der Waals surface area contributed by atoms with Crippen LogP contribution >= 0.6 is 11.3 Å².